The van der Waals surface area contributed by atoms with Crippen molar-refractivity contribution >= 4 is 29.1 Å². The Balaban J connectivity index is 1.70. The van der Waals surface area contributed by atoms with Crippen molar-refractivity contribution in [1.82, 2.24) is 14.7 Å². The molecular formula is C23H23Cl2N3O2. The van der Waals surface area contributed by atoms with Crippen molar-refractivity contribution in [2.75, 3.05) is 6.61 Å². The Kier molecular flexibility index (Phi) is 5.87. The van der Waals surface area contributed by atoms with E-state index in [0.717, 1.165) is 22.3 Å². The van der Waals surface area contributed by atoms with Crippen LogP contribution in [0, 0.1) is 0 Å². The molecular weight excluding hydrogens is 421 g/mol. The molecule has 0 saturated heterocycles. The minimum Gasteiger partial charge on any atom is -0.394 e. The molecule has 0 spiro atoms. The van der Waals surface area contributed by atoms with E-state index in [9.17, 15) is 9.90 Å². The SMILES string of the molecule is C[C@H]1c2cccc(-c3cnn(C)c3)c2C[C@H](CO)N1C(=O)Cc1c(Cl)cccc1Cl. The molecule has 1 N–H and O–H groups in total. The molecule has 30 heavy (non-hydrogen) atoms. The number of carbonyl (C=O) groups is 1. The highest BCUT2D eigenvalue weighted by Crippen LogP contribution is 2.39. The Morgan fingerprint density at radius 3 is 2.53 bits per heavy atom. The van der Waals surface area contributed by atoms with Crippen LogP contribution in [0.15, 0.2) is 48.8 Å². The van der Waals surface area contributed by atoms with E-state index in [4.69, 9.17) is 23.2 Å². The number of hydrogen-bond donors (Lipinski definition) is 1. The van der Waals surface area contributed by atoms with Crippen LogP contribution in [0.25, 0.3) is 11.1 Å². The monoisotopic (exact) mass is 443 g/mol. The first-order chi connectivity index (χ1) is 14.4. The van der Waals surface area contributed by atoms with E-state index < -0.39 is 0 Å². The summed E-state index contributed by atoms with van der Waals surface area (Å²) in [6.45, 7) is 1.88. The molecule has 2 atom stereocenters. The number of fused-ring (bicyclic) bond motifs is 1. The van der Waals surface area contributed by atoms with Crippen LogP contribution >= 0.6 is 23.2 Å². The molecule has 0 unspecified atom stereocenters. The molecule has 2 heterocycles. The minimum absolute atomic E-state index is 0.0942. The van der Waals surface area contributed by atoms with Gasteiger partial charge in [0.25, 0.3) is 0 Å². The van der Waals surface area contributed by atoms with Crippen LogP contribution < -0.4 is 0 Å². The number of nitrogens with zero attached hydrogens (tertiary/aromatic N) is 3. The van der Waals surface area contributed by atoms with Gasteiger partial charge in [0.05, 0.1) is 31.3 Å². The maximum absolute atomic E-state index is 13.3. The average molecular weight is 444 g/mol. The molecule has 0 saturated carbocycles. The lowest BCUT2D eigenvalue weighted by atomic mass is 9.84. The van der Waals surface area contributed by atoms with Gasteiger partial charge in [-0.25, -0.2) is 0 Å². The Morgan fingerprint density at radius 1 is 1.20 bits per heavy atom. The second kappa shape index (κ2) is 8.42. The van der Waals surface area contributed by atoms with E-state index in [1.807, 2.05) is 32.4 Å². The summed E-state index contributed by atoms with van der Waals surface area (Å²) in [5, 5.41) is 15.4. The summed E-state index contributed by atoms with van der Waals surface area (Å²) in [7, 11) is 1.89. The molecule has 0 radical (unpaired) electrons. The predicted molar refractivity (Wildman–Crippen MR) is 119 cm³/mol. The Hall–Kier alpha value is -2.34. The molecule has 1 aromatic heterocycles. The summed E-state index contributed by atoms with van der Waals surface area (Å²) in [6, 6.07) is 10.8. The molecule has 0 fully saturated rings. The molecule has 4 rings (SSSR count). The van der Waals surface area contributed by atoms with Gasteiger partial charge in [0.2, 0.25) is 5.91 Å². The quantitative estimate of drug-likeness (QED) is 0.647. The zero-order valence-corrected chi connectivity index (χ0v) is 18.4. The largest absolute Gasteiger partial charge is 0.394 e. The third-order valence-corrected chi connectivity index (χ3v) is 6.53. The number of benzene rings is 2. The van der Waals surface area contributed by atoms with Crippen molar-refractivity contribution in [3.63, 3.8) is 0 Å². The van der Waals surface area contributed by atoms with Crippen LogP contribution in [0.1, 0.15) is 29.7 Å². The van der Waals surface area contributed by atoms with Crippen molar-refractivity contribution in [2.24, 2.45) is 7.05 Å². The van der Waals surface area contributed by atoms with Gasteiger partial charge in [0.1, 0.15) is 0 Å². The van der Waals surface area contributed by atoms with E-state index >= 15 is 0 Å². The normalized spacial score (nSPS) is 18.4. The predicted octanol–water partition coefficient (Wildman–Crippen LogP) is 4.44. The zero-order valence-electron chi connectivity index (χ0n) is 16.8. The topological polar surface area (TPSA) is 58.4 Å². The molecule has 5 nitrogen and oxygen atoms in total. The summed E-state index contributed by atoms with van der Waals surface area (Å²) in [6.07, 6.45) is 4.48. The summed E-state index contributed by atoms with van der Waals surface area (Å²) < 4.78 is 1.77. The lowest BCUT2D eigenvalue weighted by molar-refractivity contribution is -0.137. The van der Waals surface area contributed by atoms with Gasteiger partial charge < -0.3 is 10.0 Å². The number of aliphatic hydroxyl groups excluding tert-OH is 1. The molecule has 3 aromatic rings. The Labute approximate surface area is 185 Å². The van der Waals surface area contributed by atoms with Crippen LogP contribution in [0.3, 0.4) is 0 Å². The van der Waals surface area contributed by atoms with Gasteiger partial charge in [0, 0.05) is 28.9 Å². The fourth-order valence-electron chi connectivity index (χ4n) is 4.37. The third-order valence-electron chi connectivity index (χ3n) is 5.82. The number of halogens is 2. The molecule has 2 aromatic carbocycles. The second-order valence-corrected chi connectivity index (χ2v) is 8.48. The Morgan fingerprint density at radius 2 is 1.90 bits per heavy atom. The van der Waals surface area contributed by atoms with Gasteiger partial charge in [-0.3, -0.25) is 9.48 Å². The lowest BCUT2D eigenvalue weighted by Gasteiger charge is -2.42. The number of aromatic nitrogens is 2. The maximum atomic E-state index is 13.3. The number of rotatable bonds is 4. The number of carbonyl (C=O) groups excluding carboxylic acids is 1. The van der Waals surface area contributed by atoms with Gasteiger partial charge in [-0.2, -0.15) is 5.10 Å². The first-order valence-electron chi connectivity index (χ1n) is 9.86. The van der Waals surface area contributed by atoms with Crippen molar-refractivity contribution in [1.29, 1.82) is 0 Å². The fourth-order valence-corrected chi connectivity index (χ4v) is 4.90. The van der Waals surface area contributed by atoms with Crippen LogP contribution in [0.5, 0.6) is 0 Å². The van der Waals surface area contributed by atoms with E-state index in [1.165, 1.54) is 0 Å². The van der Waals surface area contributed by atoms with Crippen molar-refractivity contribution in [2.45, 2.75) is 31.8 Å². The molecule has 1 amide bonds. The molecule has 1 aliphatic rings. The highest BCUT2D eigenvalue weighted by Gasteiger charge is 2.36. The second-order valence-electron chi connectivity index (χ2n) is 7.67. The summed E-state index contributed by atoms with van der Waals surface area (Å²) in [5.41, 5.74) is 4.97. The summed E-state index contributed by atoms with van der Waals surface area (Å²) >= 11 is 12.6. The first-order valence-corrected chi connectivity index (χ1v) is 10.6. The molecule has 7 heteroatoms. The number of hydrogen-bond acceptors (Lipinski definition) is 3. The van der Waals surface area contributed by atoms with E-state index in [1.54, 1.807) is 27.8 Å². The summed E-state index contributed by atoms with van der Waals surface area (Å²) in [5.74, 6) is -0.103. The highest BCUT2D eigenvalue weighted by atomic mass is 35.5. The van der Waals surface area contributed by atoms with Crippen LogP contribution in [-0.4, -0.2) is 38.3 Å². The maximum Gasteiger partial charge on any atom is 0.227 e. The van der Waals surface area contributed by atoms with Gasteiger partial charge in [-0.05, 0) is 47.7 Å². The first kappa shape index (κ1) is 20.9. The third kappa shape index (κ3) is 3.73. The fraction of sp³-hybridized carbons (Fsp3) is 0.304. The van der Waals surface area contributed by atoms with Gasteiger partial charge in [-0.1, -0.05) is 47.5 Å². The van der Waals surface area contributed by atoms with Gasteiger partial charge in [0.15, 0.2) is 0 Å². The van der Waals surface area contributed by atoms with Crippen molar-refractivity contribution in [3.05, 3.63) is 75.5 Å². The van der Waals surface area contributed by atoms with Gasteiger partial charge >= 0.3 is 0 Å². The van der Waals surface area contributed by atoms with E-state index in [-0.39, 0.29) is 31.0 Å². The van der Waals surface area contributed by atoms with Crippen LogP contribution in [-0.2, 0) is 24.7 Å². The molecule has 0 aliphatic carbocycles. The van der Waals surface area contributed by atoms with Crippen molar-refractivity contribution < 1.29 is 9.90 Å². The molecule has 156 valence electrons. The van der Waals surface area contributed by atoms with Crippen LogP contribution in [0.2, 0.25) is 10.0 Å². The smallest absolute Gasteiger partial charge is 0.227 e. The average Bonchev–Trinajstić information content (AvgIpc) is 3.16. The Bertz CT molecular complexity index is 1080. The minimum atomic E-state index is -0.320. The van der Waals surface area contributed by atoms with Crippen molar-refractivity contribution in [3.8, 4) is 11.1 Å². The number of aryl methyl sites for hydroxylation is 1. The number of aliphatic hydroxyl groups is 1. The van der Waals surface area contributed by atoms with E-state index in [0.29, 0.717) is 22.0 Å². The molecule has 0 bridgehead atoms. The highest BCUT2D eigenvalue weighted by molar-refractivity contribution is 6.36. The zero-order chi connectivity index (χ0) is 21.4. The summed E-state index contributed by atoms with van der Waals surface area (Å²) in [4.78, 5) is 15.1. The molecule has 1 aliphatic heterocycles. The standard InChI is InChI=1S/C23H23Cl2N3O2/c1-14-17-5-3-6-18(15-11-26-27(2)12-15)19(17)9-16(13-29)28(14)23(30)10-20-21(24)7-4-8-22(20)25/h3-8,11-12,14,16,29H,9-10,13H2,1-2H3/t14-,16+/m0/s1. The lowest BCUT2D eigenvalue weighted by Crippen LogP contribution is -2.49. The van der Waals surface area contributed by atoms with E-state index in [2.05, 4.69) is 17.2 Å². The van der Waals surface area contributed by atoms with Crippen LogP contribution in [0.4, 0.5) is 0 Å². The van der Waals surface area contributed by atoms with Gasteiger partial charge in [-0.15, -0.1) is 0 Å². The number of amides is 1.